The zero-order valence-electron chi connectivity index (χ0n) is 16.9. The fraction of sp³-hybridized carbons (Fsp3) is 0.200. The highest BCUT2D eigenvalue weighted by atomic mass is 35.5. The van der Waals surface area contributed by atoms with Crippen LogP contribution in [0.25, 0.3) is 10.9 Å². The molecule has 0 bridgehead atoms. The first-order valence-electron chi connectivity index (χ1n) is 9.91. The molecule has 0 amide bonds. The lowest BCUT2D eigenvalue weighted by Gasteiger charge is -2.26. The summed E-state index contributed by atoms with van der Waals surface area (Å²) in [6.45, 7) is 1.03. The van der Waals surface area contributed by atoms with Crippen molar-refractivity contribution in [2.45, 2.75) is 18.8 Å². The molecule has 4 aromatic rings. The third-order valence-corrected chi connectivity index (χ3v) is 5.16. The van der Waals surface area contributed by atoms with Crippen molar-refractivity contribution in [3.8, 4) is 5.75 Å². The highest BCUT2D eigenvalue weighted by Crippen LogP contribution is 2.30. The molecule has 4 nitrogen and oxygen atoms in total. The Labute approximate surface area is 183 Å². The topological polar surface area (TPSA) is 46.4 Å². The number of halogens is 1. The molecule has 0 fully saturated rings. The van der Waals surface area contributed by atoms with Crippen LogP contribution in [0, 0.1) is 0 Å². The normalized spacial score (nSPS) is 12.9. The molecular formula is C25H27ClN2O2. The summed E-state index contributed by atoms with van der Waals surface area (Å²) in [4.78, 5) is 0. The summed E-state index contributed by atoms with van der Waals surface area (Å²) in [7, 11) is 1.86. The van der Waals surface area contributed by atoms with Gasteiger partial charge in [0.1, 0.15) is 12.4 Å². The molecule has 2 N–H and O–H groups in total. The third-order valence-electron chi connectivity index (χ3n) is 5.16. The number of hydrogen-bond donors (Lipinski definition) is 2. The maximum Gasteiger partial charge on any atom is 0.121 e. The van der Waals surface area contributed by atoms with Crippen molar-refractivity contribution in [3.63, 3.8) is 0 Å². The van der Waals surface area contributed by atoms with Gasteiger partial charge in [-0.05, 0) is 41.8 Å². The Morgan fingerprint density at radius 2 is 1.63 bits per heavy atom. The van der Waals surface area contributed by atoms with Crippen LogP contribution >= 0.6 is 12.4 Å². The van der Waals surface area contributed by atoms with Crippen LogP contribution in [0.3, 0.4) is 0 Å². The minimum atomic E-state index is -0.563. The van der Waals surface area contributed by atoms with Gasteiger partial charge in [0.05, 0.1) is 17.7 Å². The number of nitrogens with one attached hydrogen (secondary N) is 1. The van der Waals surface area contributed by atoms with Crippen molar-refractivity contribution in [3.05, 3.63) is 102 Å². The minimum absolute atomic E-state index is 0. The largest absolute Gasteiger partial charge is 0.489 e. The van der Waals surface area contributed by atoms with E-state index in [9.17, 15) is 5.11 Å². The number of nitrogens with zero attached hydrogens (tertiary/aromatic N) is 1. The van der Waals surface area contributed by atoms with Gasteiger partial charge in [-0.1, -0.05) is 60.7 Å². The Morgan fingerprint density at radius 1 is 0.933 bits per heavy atom. The predicted molar refractivity (Wildman–Crippen MR) is 124 cm³/mol. The Hall–Kier alpha value is -2.79. The molecule has 30 heavy (non-hydrogen) atoms. The van der Waals surface area contributed by atoms with E-state index in [4.69, 9.17) is 4.74 Å². The summed E-state index contributed by atoms with van der Waals surface area (Å²) in [5.74, 6) is 0.816. The van der Waals surface area contributed by atoms with E-state index in [0.29, 0.717) is 13.2 Å². The minimum Gasteiger partial charge on any atom is -0.489 e. The van der Waals surface area contributed by atoms with Crippen LogP contribution in [0.5, 0.6) is 5.75 Å². The van der Waals surface area contributed by atoms with Gasteiger partial charge in [-0.3, -0.25) is 0 Å². The van der Waals surface area contributed by atoms with E-state index in [1.54, 1.807) is 0 Å². The van der Waals surface area contributed by atoms with Gasteiger partial charge in [0.2, 0.25) is 0 Å². The quantitative estimate of drug-likeness (QED) is 0.428. The lowest BCUT2D eigenvalue weighted by Crippen LogP contribution is -2.33. The van der Waals surface area contributed by atoms with E-state index >= 15 is 0 Å². The summed E-state index contributed by atoms with van der Waals surface area (Å²) in [5.41, 5.74) is 3.25. The number of ether oxygens (including phenoxy) is 1. The van der Waals surface area contributed by atoms with Crippen LogP contribution in [0.4, 0.5) is 0 Å². The van der Waals surface area contributed by atoms with E-state index < -0.39 is 6.10 Å². The standard InChI is InChI=1S/C25H26N2O2.ClH/c1-26-17-24(28)25(21-10-6-3-7-11-21)27-15-14-20-12-13-22(16-23(20)27)29-18-19-8-4-2-5-9-19;/h2-16,24-26,28H,17-18H2,1H3;1H/t24-,25+;/m1./s1. The van der Waals surface area contributed by atoms with Crippen molar-refractivity contribution < 1.29 is 9.84 Å². The average Bonchev–Trinajstić information content (AvgIpc) is 3.17. The van der Waals surface area contributed by atoms with E-state index in [1.165, 1.54) is 0 Å². The molecule has 0 radical (unpaired) electrons. The van der Waals surface area contributed by atoms with Gasteiger partial charge >= 0.3 is 0 Å². The molecule has 1 aromatic heterocycles. The van der Waals surface area contributed by atoms with E-state index in [-0.39, 0.29) is 18.4 Å². The molecule has 156 valence electrons. The van der Waals surface area contributed by atoms with Crippen LogP contribution < -0.4 is 10.1 Å². The van der Waals surface area contributed by atoms with Gasteiger partial charge in [0, 0.05) is 18.8 Å². The molecule has 4 rings (SSSR count). The fourth-order valence-corrected chi connectivity index (χ4v) is 3.74. The summed E-state index contributed by atoms with van der Waals surface area (Å²) in [6.07, 6.45) is 1.48. The Morgan fingerprint density at radius 3 is 2.33 bits per heavy atom. The zero-order chi connectivity index (χ0) is 20.1. The van der Waals surface area contributed by atoms with Gasteiger partial charge in [0.15, 0.2) is 0 Å². The lowest BCUT2D eigenvalue weighted by atomic mass is 10.0. The number of fused-ring (bicyclic) bond motifs is 1. The van der Waals surface area contributed by atoms with E-state index in [2.05, 4.69) is 52.3 Å². The molecule has 0 saturated carbocycles. The number of aliphatic hydroxyl groups is 1. The second kappa shape index (κ2) is 10.3. The third kappa shape index (κ3) is 4.85. The molecule has 1 heterocycles. The number of aromatic nitrogens is 1. The molecule has 5 heteroatoms. The van der Waals surface area contributed by atoms with Gasteiger partial charge < -0.3 is 19.7 Å². The smallest absolute Gasteiger partial charge is 0.121 e. The van der Waals surface area contributed by atoms with Crippen molar-refractivity contribution >= 4 is 23.3 Å². The number of benzene rings is 3. The van der Waals surface area contributed by atoms with E-state index in [1.807, 2.05) is 55.7 Å². The number of likely N-dealkylation sites (N-methyl/N-ethyl adjacent to an activating group) is 1. The molecule has 0 aliphatic heterocycles. The number of rotatable bonds is 8. The second-order valence-electron chi connectivity index (χ2n) is 7.20. The molecule has 2 atom stereocenters. The van der Waals surface area contributed by atoms with Crippen molar-refractivity contribution in [1.29, 1.82) is 0 Å². The molecular weight excluding hydrogens is 396 g/mol. The first-order chi connectivity index (χ1) is 14.3. The maximum atomic E-state index is 10.9. The van der Waals surface area contributed by atoms with Gasteiger partial charge in [0.25, 0.3) is 0 Å². The maximum absolute atomic E-state index is 10.9. The summed E-state index contributed by atoms with van der Waals surface area (Å²) < 4.78 is 8.17. The van der Waals surface area contributed by atoms with Crippen molar-refractivity contribution in [1.82, 2.24) is 9.88 Å². The molecule has 0 aliphatic carbocycles. The molecule has 0 aliphatic rings. The average molecular weight is 423 g/mol. The van der Waals surface area contributed by atoms with Crippen LogP contribution in [-0.4, -0.2) is 29.4 Å². The summed E-state index contributed by atoms with van der Waals surface area (Å²) in [5, 5.41) is 15.1. The first-order valence-corrected chi connectivity index (χ1v) is 9.91. The molecule has 0 unspecified atom stereocenters. The SMILES string of the molecule is CNC[C@@H](O)[C@H](c1ccccc1)n1ccc2ccc(OCc3ccccc3)cc21.Cl. The lowest BCUT2D eigenvalue weighted by molar-refractivity contribution is 0.132. The Kier molecular flexibility index (Phi) is 7.52. The summed E-state index contributed by atoms with van der Waals surface area (Å²) in [6, 6.07) is 28.3. The van der Waals surface area contributed by atoms with Crippen LogP contribution in [0.15, 0.2) is 91.1 Å². The van der Waals surface area contributed by atoms with E-state index in [0.717, 1.165) is 27.8 Å². The van der Waals surface area contributed by atoms with Crippen LogP contribution in [-0.2, 0) is 6.61 Å². The van der Waals surface area contributed by atoms with Crippen molar-refractivity contribution in [2.75, 3.05) is 13.6 Å². The highest BCUT2D eigenvalue weighted by Gasteiger charge is 2.23. The Bertz CT molecular complexity index is 1050. The highest BCUT2D eigenvalue weighted by molar-refractivity contribution is 5.85. The van der Waals surface area contributed by atoms with Gasteiger partial charge in [-0.25, -0.2) is 0 Å². The Balaban J connectivity index is 0.00000256. The van der Waals surface area contributed by atoms with Gasteiger partial charge in [-0.15, -0.1) is 12.4 Å². The van der Waals surface area contributed by atoms with Crippen LogP contribution in [0.1, 0.15) is 17.2 Å². The second-order valence-corrected chi connectivity index (χ2v) is 7.20. The molecule has 0 saturated heterocycles. The van der Waals surface area contributed by atoms with Gasteiger partial charge in [-0.2, -0.15) is 0 Å². The fourth-order valence-electron chi connectivity index (χ4n) is 3.74. The number of hydrogen-bond acceptors (Lipinski definition) is 3. The monoisotopic (exact) mass is 422 g/mol. The van der Waals surface area contributed by atoms with Crippen molar-refractivity contribution in [2.24, 2.45) is 0 Å². The predicted octanol–water partition coefficient (Wildman–Crippen LogP) is 4.81. The summed E-state index contributed by atoms with van der Waals surface area (Å²) >= 11 is 0. The zero-order valence-corrected chi connectivity index (χ0v) is 17.8. The molecule has 0 spiro atoms. The van der Waals surface area contributed by atoms with Crippen LogP contribution in [0.2, 0.25) is 0 Å². The number of aliphatic hydroxyl groups excluding tert-OH is 1. The molecule has 3 aromatic carbocycles. The first kappa shape index (κ1) is 21.9.